The van der Waals surface area contributed by atoms with Crippen molar-refractivity contribution >= 4 is 0 Å². The minimum Gasteiger partial charge on any atom is -0.337 e. The van der Waals surface area contributed by atoms with Gasteiger partial charge >= 0.3 is 0 Å². The van der Waals surface area contributed by atoms with Crippen LogP contribution < -0.4 is 5.73 Å². The minimum atomic E-state index is -0.0452. The van der Waals surface area contributed by atoms with Crippen molar-refractivity contribution in [2.75, 3.05) is 0 Å². The van der Waals surface area contributed by atoms with Crippen LogP contribution >= 0.6 is 0 Å². The van der Waals surface area contributed by atoms with Gasteiger partial charge in [0, 0.05) is 19.4 Å². The van der Waals surface area contributed by atoms with Crippen LogP contribution in [0.25, 0.3) is 0 Å². The van der Waals surface area contributed by atoms with Gasteiger partial charge < -0.3 is 10.3 Å². The van der Waals surface area contributed by atoms with E-state index in [1.165, 1.54) is 16.7 Å². The Labute approximate surface area is 102 Å². The van der Waals surface area contributed by atoms with Crippen molar-refractivity contribution in [3.8, 4) is 0 Å². The van der Waals surface area contributed by atoms with Crippen LogP contribution in [-0.4, -0.2) is 9.55 Å². The molecule has 0 spiro atoms. The number of aromatic nitrogens is 2. The molecule has 90 valence electrons. The van der Waals surface area contributed by atoms with Crippen LogP contribution in [0.1, 0.15) is 28.6 Å². The highest BCUT2D eigenvalue weighted by molar-refractivity contribution is 5.29. The Morgan fingerprint density at radius 1 is 1.24 bits per heavy atom. The van der Waals surface area contributed by atoms with Crippen molar-refractivity contribution in [3.05, 3.63) is 53.1 Å². The van der Waals surface area contributed by atoms with E-state index in [0.717, 1.165) is 12.2 Å². The second kappa shape index (κ2) is 4.72. The summed E-state index contributed by atoms with van der Waals surface area (Å²) in [5.41, 5.74) is 10.0. The summed E-state index contributed by atoms with van der Waals surface area (Å²) in [4.78, 5) is 4.29. The van der Waals surface area contributed by atoms with E-state index in [1.54, 1.807) is 6.20 Å². The molecule has 0 amide bonds. The molecule has 1 heterocycles. The fourth-order valence-corrected chi connectivity index (χ4v) is 2.27. The number of imidazole rings is 1. The first-order chi connectivity index (χ1) is 8.06. The zero-order valence-electron chi connectivity index (χ0n) is 10.6. The van der Waals surface area contributed by atoms with E-state index >= 15 is 0 Å². The predicted molar refractivity (Wildman–Crippen MR) is 69.8 cm³/mol. The quantitative estimate of drug-likeness (QED) is 0.877. The maximum Gasteiger partial charge on any atom is 0.125 e. The molecule has 1 unspecified atom stereocenters. The average Bonchev–Trinajstić information content (AvgIpc) is 2.62. The molecule has 0 fully saturated rings. The number of aryl methyl sites for hydroxylation is 3. The van der Waals surface area contributed by atoms with Crippen LogP contribution in [0.3, 0.4) is 0 Å². The Hall–Kier alpha value is -1.61. The maximum atomic E-state index is 6.19. The Bertz CT molecular complexity index is 494. The SMILES string of the molecule is Cc1cc(C)cc(CC(N)c2nccn2C)c1. The molecule has 1 aromatic heterocycles. The zero-order valence-corrected chi connectivity index (χ0v) is 10.6. The summed E-state index contributed by atoms with van der Waals surface area (Å²) in [6.07, 6.45) is 4.54. The molecule has 2 aromatic rings. The Kier molecular flexibility index (Phi) is 3.29. The Morgan fingerprint density at radius 2 is 1.88 bits per heavy atom. The van der Waals surface area contributed by atoms with Crippen LogP contribution in [0.2, 0.25) is 0 Å². The van der Waals surface area contributed by atoms with E-state index < -0.39 is 0 Å². The van der Waals surface area contributed by atoms with Gasteiger partial charge in [-0.1, -0.05) is 29.3 Å². The molecule has 1 aromatic carbocycles. The molecular formula is C14H19N3. The third-order valence-electron chi connectivity index (χ3n) is 2.93. The second-order valence-corrected chi connectivity index (χ2v) is 4.70. The van der Waals surface area contributed by atoms with Gasteiger partial charge in [-0.25, -0.2) is 4.98 Å². The molecular weight excluding hydrogens is 210 g/mol. The van der Waals surface area contributed by atoms with E-state index in [9.17, 15) is 0 Å². The molecule has 0 aliphatic rings. The molecule has 2 N–H and O–H groups in total. The van der Waals surface area contributed by atoms with Crippen molar-refractivity contribution in [1.82, 2.24) is 9.55 Å². The first kappa shape index (κ1) is 11.9. The van der Waals surface area contributed by atoms with Crippen molar-refractivity contribution in [1.29, 1.82) is 0 Å². The van der Waals surface area contributed by atoms with Gasteiger partial charge in [0.25, 0.3) is 0 Å². The molecule has 0 radical (unpaired) electrons. The largest absolute Gasteiger partial charge is 0.337 e. The summed E-state index contributed by atoms with van der Waals surface area (Å²) in [5.74, 6) is 0.934. The lowest BCUT2D eigenvalue weighted by Crippen LogP contribution is -2.17. The van der Waals surface area contributed by atoms with Crippen molar-refractivity contribution in [2.45, 2.75) is 26.3 Å². The molecule has 1 atom stereocenters. The number of rotatable bonds is 3. The van der Waals surface area contributed by atoms with Crippen LogP contribution in [0.15, 0.2) is 30.6 Å². The normalized spacial score (nSPS) is 12.7. The van der Waals surface area contributed by atoms with Gasteiger partial charge in [-0.05, 0) is 25.8 Å². The summed E-state index contributed by atoms with van der Waals surface area (Å²) in [6, 6.07) is 6.51. The van der Waals surface area contributed by atoms with Crippen LogP contribution in [0, 0.1) is 13.8 Å². The third kappa shape index (κ3) is 2.74. The molecule has 3 heteroatoms. The van der Waals surface area contributed by atoms with Gasteiger partial charge in [0.2, 0.25) is 0 Å². The minimum absolute atomic E-state index is 0.0452. The predicted octanol–water partition coefficient (Wildman–Crippen LogP) is 2.28. The topological polar surface area (TPSA) is 43.8 Å². The highest BCUT2D eigenvalue weighted by atomic mass is 15.1. The van der Waals surface area contributed by atoms with E-state index in [4.69, 9.17) is 5.73 Å². The molecule has 0 saturated heterocycles. The lowest BCUT2D eigenvalue weighted by atomic mass is 10.0. The lowest BCUT2D eigenvalue weighted by molar-refractivity contribution is 0.632. The summed E-state index contributed by atoms with van der Waals surface area (Å²) >= 11 is 0. The van der Waals surface area contributed by atoms with E-state index in [2.05, 4.69) is 37.0 Å². The molecule has 17 heavy (non-hydrogen) atoms. The Balaban J connectivity index is 2.18. The molecule has 0 bridgehead atoms. The molecule has 0 aliphatic heterocycles. The second-order valence-electron chi connectivity index (χ2n) is 4.70. The van der Waals surface area contributed by atoms with Crippen LogP contribution in [0.5, 0.6) is 0 Å². The fourth-order valence-electron chi connectivity index (χ4n) is 2.27. The number of benzene rings is 1. The number of hydrogen-bond donors (Lipinski definition) is 1. The molecule has 0 aliphatic carbocycles. The Morgan fingerprint density at radius 3 is 2.41 bits per heavy atom. The van der Waals surface area contributed by atoms with Gasteiger partial charge in [-0.2, -0.15) is 0 Å². The fraction of sp³-hybridized carbons (Fsp3) is 0.357. The van der Waals surface area contributed by atoms with Gasteiger partial charge in [0.15, 0.2) is 0 Å². The monoisotopic (exact) mass is 229 g/mol. The van der Waals surface area contributed by atoms with Crippen LogP contribution in [-0.2, 0) is 13.5 Å². The number of nitrogens with two attached hydrogens (primary N) is 1. The van der Waals surface area contributed by atoms with Gasteiger partial charge in [-0.3, -0.25) is 0 Å². The lowest BCUT2D eigenvalue weighted by Gasteiger charge is -2.12. The third-order valence-corrected chi connectivity index (χ3v) is 2.93. The summed E-state index contributed by atoms with van der Waals surface area (Å²) < 4.78 is 1.98. The maximum absolute atomic E-state index is 6.19. The summed E-state index contributed by atoms with van der Waals surface area (Å²) in [7, 11) is 1.98. The average molecular weight is 229 g/mol. The zero-order chi connectivity index (χ0) is 12.4. The molecule has 3 nitrogen and oxygen atoms in total. The van der Waals surface area contributed by atoms with E-state index in [1.807, 2.05) is 17.8 Å². The first-order valence-corrected chi connectivity index (χ1v) is 5.86. The van der Waals surface area contributed by atoms with Crippen molar-refractivity contribution in [3.63, 3.8) is 0 Å². The highest BCUT2D eigenvalue weighted by Gasteiger charge is 2.11. The van der Waals surface area contributed by atoms with Crippen LogP contribution in [0.4, 0.5) is 0 Å². The van der Waals surface area contributed by atoms with Crippen molar-refractivity contribution < 1.29 is 0 Å². The van der Waals surface area contributed by atoms with Crippen molar-refractivity contribution in [2.24, 2.45) is 12.8 Å². The standard InChI is InChI=1S/C14H19N3/c1-10-6-11(2)8-12(7-10)9-13(15)14-16-4-5-17(14)3/h4-8,13H,9,15H2,1-3H3. The smallest absolute Gasteiger partial charge is 0.125 e. The van der Waals surface area contributed by atoms with E-state index in [0.29, 0.717) is 0 Å². The summed E-state index contributed by atoms with van der Waals surface area (Å²) in [5, 5.41) is 0. The summed E-state index contributed by atoms with van der Waals surface area (Å²) in [6.45, 7) is 4.23. The number of nitrogens with zero attached hydrogens (tertiary/aromatic N) is 2. The van der Waals surface area contributed by atoms with Gasteiger partial charge in [-0.15, -0.1) is 0 Å². The van der Waals surface area contributed by atoms with E-state index in [-0.39, 0.29) is 6.04 Å². The molecule has 2 rings (SSSR count). The highest BCUT2D eigenvalue weighted by Crippen LogP contribution is 2.16. The molecule has 0 saturated carbocycles. The van der Waals surface area contributed by atoms with Gasteiger partial charge in [0.1, 0.15) is 5.82 Å². The number of hydrogen-bond acceptors (Lipinski definition) is 2. The van der Waals surface area contributed by atoms with Gasteiger partial charge in [0.05, 0.1) is 6.04 Å². The first-order valence-electron chi connectivity index (χ1n) is 5.86.